The van der Waals surface area contributed by atoms with E-state index in [9.17, 15) is 9.59 Å². The van der Waals surface area contributed by atoms with Crippen LogP contribution in [0.2, 0.25) is 0 Å². The predicted octanol–water partition coefficient (Wildman–Crippen LogP) is 1.99. The Labute approximate surface area is 146 Å². The first-order chi connectivity index (χ1) is 12.1. The topological polar surface area (TPSA) is 104 Å². The monoisotopic (exact) mass is 339 g/mol. The van der Waals surface area contributed by atoms with Gasteiger partial charge in [-0.15, -0.1) is 0 Å². The summed E-state index contributed by atoms with van der Waals surface area (Å²) in [5.41, 5.74) is 10.6. The molecule has 0 heterocycles. The van der Waals surface area contributed by atoms with Crippen LogP contribution in [0, 0.1) is 0 Å². The Kier molecular flexibility index (Phi) is 6.45. The summed E-state index contributed by atoms with van der Waals surface area (Å²) in [6, 6.07) is 15.2. The summed E-state index contributed by atoms with van der Waals surface area (Å²) in [7, 11) is 0. The molecule has 2 amide bonds. The smallest absolute Gasteiger partial charge is 0.290 e. The van der Waals surface area contributed by atoms with Gasteiger partial charge in [-0.25, -0.2) is 5.48 Å². The number of carbonyl (C=O) groups excluding carboxylic acids is 2. The number of hydrogen-bond acceptors (Lipinski definition) is 4. The third-order valence-electron chi connectivity index (χ3n) is 3.75. The van der Waals surface area contributed by atoms with Crippen molar-refractivity contribution in [1.82, 2.24) is 10.8 Å². The number of rotatable bonds is 6. The Morgan fingerprint density at radius 1 is 1.04 bits per heavy atom. The van der Waals surface area contributed by atoms with E-state index in [1.54, 1.807) is 19.1 Å². The van der Waals surface area contributed by atoms with Crippen molar-refractivity contribution >= 4 is 11.8 Å². The number of nitrogens with two attached hydrogens (primary N) is 1. The molecule has 2 rings (SSSR count). The molecule has 0 saturated heterocycles. The molecule has 0 spiro atoms. The van der Waals surface area contributed by atoms with Crippen molar-refractivity contribution in [2.75, 3.05) is 6.54 Å². The number of nitrogens with one attached hydrogen (secondary N) is 2. The standard InChI is InChI=1S/C19H21N3O3/c1-2-17(19(24)22-25)21-18(23)16-9-7-15(8-10-16)14-5-3-13(4-6-14)11-12-20/h2-10,25H,11-12,20H2,1H3,(H,21,23)(H,22,24)/b17-2+. The molecule has 0 atom stereocenters. The number of hydroxylamine groups is 1. The molecular formula is C19H21N3O3. The van der Waals surface area contributed by atoms with Crippen molar-refractivity contribution in [2.45, 2.75) is 13.3 Å². The molecule has 25 heavy (non-hydrogen) atoms. The fourth-order valence-electron chi connectivity index (χ4n) is 2.36. The zero-order valence-corrected chi connectivity index (χ0v) is 14.0. The molecule has 0 aliphatic carbocycles. The molecule has 2 aromatic rings. The predicted molar refractivity (Wildman–Crippen MR) is 95.8 cm³/mol. The van der Waals surface area contributed by atoms with Crippen LogP contribution in [-0.2, 0) is 11.2 Å². The fourth-order valence-corrected chi connectivity index (χ4v) is 2.36. The van der Waals surface area contributed by atoms with Gasteiger partial charge in [-0.3, -0.25) is 14.8 Å². The van der Waals surface area contributed by atoms with E-state index in [4.69, 9.17) is 10.9 Å². The van der Waals surface area contributed by atoms with Gasteiger partial charge in [0.2, 0.25) is 0 Å². The average molecular weight is 339 g/mol. The quantitative estimate of drug-likeness (QED) is 0.367. The highest BCUT2D eigenvalue weighted by molar-refractivity contribution is 6.02. The molecule has 0 bridgehead atoms. The third-order valence-corrected chi connectivity index (χ3v) is 3.75. The van der Waals surface area contributed by atoms with Crippen LogP contribution in [0.4, 0.5) is 0 Å². The fraction of sp³-hybridized carbons (Fsp3) is 0.158. The molecule has 0 saturated carbocycles. The number of allylic oxidation sites excluding steroid dienone is 1. The molecule has 0 fully saturated rings. The lowest BCUT2D eigenvalue weighted by molar-refractivity contribution is -0.125. The molecule has 6 nitrogen and oxygen atoms in total. The zero-order chi connectivity index (χ0) is 18.2. The normalized spacial score (nSPS) is 11.1. The molecule has 0 aliphatic rings. The molecular weight excluding hydrogens is 318 g/mol. The molecule has 0 aliphatic heterocycles. The van der Waals surface area contributed by atoms with Gasteiger partial charge >= 0.3 is 0 Å². The Bertz CT molecular complexity index is 766. The number of amides is 2. The largest absolute Gasteiger partial charge is 0.330 e. The van der Waals surface area contributed by atoms with Gasteiger partial charge in [0.05, 0.1) is 0 Å². The molecule has 6 heteroatoms. The van der Waals surface area contributed by atoms with E-state index in [1.807, 2.05) is 36.4 Å². The minimum Gasteiger partial charge on any atom is -0.330 e. The van der Waals surface area contributed by atoms with Gasteiger partial charge in [0.25, 0.3) is 11.8 Å². The highest BCUT2D eigenvalue weighted by Crippen LogP contribution is 2.20. The molecule has 0 radical (unpaired) electrons. The summed E-state index contributed by atoms with van der Waals surface area (Å²) in [6.07, 6.45) is 2.24. The summed E-state index contributed by atoms with van der Waals surface area (Å²) in [6.45, 7) is 2.20. The van der Waals surface area contributed by atoms with E-state index >= 15 is 0 Å². The maximum Gasteiger partial charge on any atom is 0.290 e. The van der Waals surface area contributed by atoms with Crippen LogP contribution in [0.25, 0.3) is 11.1 Å². The molecule has 2 aromatic carbocycles. The maximum atomic E-state index is 12.2. The Morgan fingerprint density at radius 2 is 1.60 bits per heavy atom. The van der Waals surface area contributed by atoms with E-state index in [0.717, 1.165) is 17.5 Å². The van der Waals surface area contributed by atoms with Gasteiger partial charge in [0, 0.05) is 5.56 Å². The molecule has 0 aromatic heterocycles. The summed E-state index contributed by atoms with van der Waals surface area (Å²) in [4.78, 5) is 23.5. The van der Waals surface area contributed by atoms with Crippen LogP contribution in [-0.4, -0.2) is 23.6 Å². The maximum absolute atomic E-state index is 12.2. The Balaban J connectivity index is 2.11. The van der Waals surface area contributed by atoms with Crippen LogP contribution >= 0.6 is 0 Å². The second-order valence-corrected chi connectivity index (χ2v) is 5.41. The first-order valence-electron chi connectivity index (χ1n) is 7.90. The van der Waals surface area contributed by atoms with E-state index in [2.05, 4.69) is 5.32 Å². The van der Waals surface area contributed by atoms with Gasteiger partial charge in [0.1, 0.15) is 5.70 Å². The second kappa shape index (κ2) is 8.77. The van der Waals surface area contributed by atoms with Crippen molar-refractivity contribution in [1.29, 1.82) is 0 Å². The Morgan fingerprint density at radius 3 is 2.08 bits per heavy atom. The lowest BCUT2D eigenvalue weighted by atomic mass is 10.0. The van der Waals surface area contributed by atoms with Gasteiger partial charge in [-0.05, 0) is 48.7 Å². The van der Waals surface area contributed by atoms with Crippen LogP contribution in [0.3, 0.4) is 0 Å². The summed E-state index contributed by atoms with van der Waals surface area (Å²) in [5, 5.41) is 11.1. The van der Waals surface area contributed by atoms with Crippen LogP contribution < -0.4 is 16.5 Å². The third kappa shape index (κ3) is 4.76. The van der Waals surface area contributed by atoms with Crippen molar-refractivity contribution in [3.8, 4) is 11.1 Å². The molecule has 130 valence electrons. The minimum absolute atomic E-state index is 0.0212. The van der Waals surface area contributed by atoms with Gasteiger partial charge < -0.3 is 11.1 Å². The number of carbonyl (C=O) groups is 2. The van der Waals surface area contributed by atoms with Crippen molar-refractivity contribution in [3.05, 3.63) is 71.4 Å². The van der Waals surface area contributed by atoms with Crippen LogP contribution in [0.5, 0.6) is 0 Å². The zero-order valence-electron chi connectivity index (χ0n) is 14.0. The molecule has 5 N–H and O–H groups in total. The first kappa shape index (κ1) is 18.4. The van der Waals surface area contributed by atoms with E-state index in [1.165, 1.54) is 17.1 Å². The van der Waals surface area contributed by atoms with Crippen molar-refractivity contribution < 1.29 is 14.8 Å². The minimum atomic E-state index is -0.773. The lowest BCUT2D eigenvalue weighted by Crippen LogP contribution is -2.33. The first-order valence-corrected chi connectivity index (χ1v) is 7.90. The summed E-state index contributed by atoms with van der Waals surface area (Å²) in [5.74, 6) is -1.20. The van der Waals surface area contributed by atoms with Crippen molar-refractivity contribution in [2.24, 2.45) is 5.73 Å². The summed E-state index contributed by atoms with van der Waals surface area (Å²) < 4.78 is 0. The highest BCUT2D eigenvalue weighted by Gasteiger charge is 2.13. The van der Waals surface area contributed by atoms with Gasteiger partial charge in [-0.1, -0.05) is 42.5 Å². The number of benzene rings is 2. The lowest BCUT2D eigenvalue weighted by Gasteiger charge is -2.09. The Hall–Kier alpha value is -2.96. The summed E-state index contributed by atoms with van der Waals surface area (Å²) >= 11 is 0. The van der Waals surface area contributed by atoms with Crippen molar-refractivity contribution in [3.63, 3.8) is 0 Å². The van der Waals surface area contributed by atoms with Gasteiger partial charge in [-0.2, -0.15) is 0 Å². The number of hydrogen-bond donors (Lipinski definition) is 4. The highest BCUT2D eigenvalue weighted by atomic mass is 16.5. The van der Waals surface area contributed by atoms with E-state index < -0.39 is 11.8 Å². The van der Waals surface area contributed by atoms with E-state index in [-0.39, 0.29) is 5.70 Å². The second-order valence-electron chi connectivity index (χ2n) is 5.41. The van der Waals surface area contributed by atoms with E-state index in [0.29, 0.717) is 12.1 Å². The SMILES string of the molecule is C/C=C(/NC(=O)c1ccc(-c2ccc(CCN)cc2)cc1)C(=O)NO. The van der Waals surface area contributed by atoms with Crippen LogP contribution in [0.1, 0.15) is 22.8 Å². The van der Waals surface area contributed by atoms with Crippen LogP contribution in [0.15, 0.2) is 60.3 Å². The molecule has 0 unspecified atom stereocenters. The van der Waals surface area contributed by atoms with Gasteiger partial charge in [0.15, 0.2) is 0 Å². The average Bonchev–Trinajstić information content (AvgIpc) is 2.66.